The highest BCUT2D eigenvalue weighted by molar-refractivity contribution is 6.31. The summed E-state index contributed by atoms with van der Waals surface area (Å²) in [5, 5.41) is 12.7. The van der Waals surface area contributed by atoms with Crippen molar-refractivity contribution in [3.8, 4) is 0 Å². The van der Waals surface area contributed by atoms with Crippen LogP contribution in [0.1, 0.15) is 38.4 Å². The van der Waals surface area contributed by atoms with E-state index in [1.54, 1.807) is 0 Å². The van der Waals surface area contributed by atoms with Gasteiger partial charge in [-0.3, -0.25) is 0 Å². The minimum absolute atomic E-state index is 0.679. The Balaban J connectivity index is 1.86. The molecule has 1 fully saturated rings. The maximum absolute atomic E-state index is 11.0. The minimum atomic E-state index is -0.853. The molecule has 1 unspecified atom stereocenters. The lowest BCUT2D eigenvalue weighted by Gasteiger charge is -2.24. The molecule has 1 aromatic heterocycles. The van der Waals surface area contributed by atoms with Crippen molar-refractivity contribution in [1.82, 2.24) is 4.90 Å². The van der Waals surface area contributed by atoms with Gasteiger partial charge in [0.05, 0.1) is 0 Å². The molecular formula is C17H22ClNO2. The van der Waals surface area contributed by atoms with Crippen molar-refractivity contribution in [3.63, 3.8) is 0 Å². The molecule has 0 amide bonds. The van der Waals surface area contributed by atoms with E-state index in [9.17, 15) is 5.11 Å². The van der Waals surface area contributed by atoms with Crippen LogP contribution in [0.4, 0.5) is 0 Å². The first-order valence-electron chi connectivity index (χ1n) is 7.75. The van der Waals surface area contributed by atoms with Crippen LogP contribution < -0.4 is 0 Å². The summed E-state index contributed by atoms with van der Waals surface area (Å²) < 4.78 is 5.89. The monoisotopic (exact) mass is 307 g/mol. The number of furan rings is 1. The van der Waals surface area contributed by atoms with Crippen LogP contribution in [0.15, 0.2) is 28.7 Å². The molecule has 1 saturated heterocycles. The van der Waals surface area contributed by atoms with Gasteiger partial charge in [-0.1, -0.05) is 18.5 Å². The van der Waals surface area contributed by atoms with Crippen molar-refractivity contribution in [2.75, 3.05) is 19.6 Å². The Bertz CT molecular complexity index is 624. The average molecular weight is 308 g/mol. The van der Waals surface area contributed by atoms with Gasteiger partial charge < -0.3 is 14.4 Å². The Kier molecular flexibility index (Phi) is 4.25. The highest BCUT2D eigenvalue weighted by Gasteiger charge is 2.35. The molecule has 0 spiro atoms. The molecule has 1 aliphatic rings. The Labute approximate surface area is 130 Å². The molecule has 1 N–H and O–H groups in total. The van der Waals surface area contributed by atoms with Gasteiger partial charge in [-0.2, -0.15) is 0 Å². The number of halogens is 1. The molecule has 2 heterocycles. The lowest BCUT2D eigenvalue weighted by atomic mass is 9.92. The van der Waals surface area contributed by atoms with Gasteiger partial charge in [0, 0.05) is 17.0 Å². The normalized spacial score (nSPS) is 24.3. The summed E-state index contributed by atoms with van der Waals surface area (Å²) in [5.74, 6) is 0.679. The zero-order valence-corrected chi connectivity index (χ0v) is 13.2. The largest absolute Gasteiger partial charge is 0.458 e. The molecule has 0 saturated carbocycles. The van der Waals surface area contributed by atoms with Gasteiger partial charge in [0.2, 0.25) is 0 Å². The van der Waals surface area contributed by atoms with E-state index < -0.39 is 5.60 Å². The number of fused-ring (bicyclic) bond motifs is 1. The molecule has 114 valence electrons. The van der Waals surface area contributed by atoms with Crippen molar-refractivity contribution in [2.24, 2.45) is 0 Å². The zero-order chi connectivity index (χ0) is 14.9. The van der Waals surface area contributed by atoms with Gasteiger partial charge in [0.15, 0.2) is 0 Å². The summed E-state index contributed by atoms with van der Waals surface area (Å²) in [5.41, 5.74) is -0.0638. The van der Waals surface area contributed by atoms with Crippen molar-refractivity contribution < 1.29 is 9.52 Å². The summed E-state index contributed by atoms with van der Waals surface area (Å²) in [6, 6.07) is 7.51. The fourth-order valence-electron chi connectivity index (χ4n) is 3.20. The van der Waals surface area contributed by atoms with Gasteiger partial charge in [-0.05, 0) is 63.0 Å². The Hall–Kier alpha value is -1.03. The molecule has 0 aliphatic carbocycles. The molecule has 4 heteroatoms. The van der Waals surface area contributed by atoms with E-state index in [-0.39, 0.29) is 0 Å². The molecule has 0 bridgehead atoms. The minimum Gasteiger partial charge on any atom is -0.458 e. The first-order valence-corrected chi connectivity index (χ1v) is 8.13. The van der Waals surface area contributed by atoms with E-state index in [1.165, 1.54) is 0 Å². The average Bonchev–Trinajstić information content (AvgIpc) is 2.79. The number of nitrogens with zero attached hydrogens (tertiary/aromatic N) is 1. The summed E-state index contributed by atoms with van der Waals surface area (Å²) in [6.45, 7) is 5.27. The third kappa shape index (κ3) is 3.10. The third-order valence-corrected chi connectivity index (χ3v) is 4.62. The summed E-state index contributed by atoms with van der Waals surface area (Å²) in [6.07, 6.45) is 3.62. The molecule has 1 atom stereocenters. The van der Waals surface area contributed by atoms with Crippen LogP contribution >= 0.6 is 11.6 Å². The SMILES string of the molecule is CCCN1CCCC(O)(c2cc3cc(Cl)ccc3o2)CC1. The predicted octanol–water partition coefficient (Wildman–Crippen LogP) is 4.17. The molecule has 1 aromatic carbocycles. The first kappa shape index (κ1) is 14.9. The first-order chi connectivity index (χ1) is 10.1. The maximum Gasteiger partial charge on any atom is 0.136 e. The second-order valence-corrected chi connectivity index (χ2v) is 6.46. The van der Waals surface area contributed by atoms with Gasteiger partial charge in [0.1, 0.15) is 16.9 Å². The van der Waals surface area contributed by atoms with E-state index in [2.05, 4.69) is 11.8 Å². The molecule has 0 radical (unpaired) electrons. The standard InChI is InChI=1S/C17H22ClNO2/c1-2-8-19-9-3-6-17(20,7-10-19)16-12-13-11-14(18)4-5-15(13)21-16/h4-5,11-12,20H,2-3,6-10H2,1H3. The van der Waals surface area contributed by atoms with Crippen LogP contribution in [0, 0.1) is 0 Å². The number of rotatable bonds is 3. The van der Waals surface area contributed by atoms with E-state index in [1.807, 2.05) is 24.3 Å². The smallest absolute Gasteiger partial charge is 0.136 e. The van der Waals surface area contributed by atoms with Crippen molar-refractivity contribution in [1.29, 1.82) is 0 Å². The number of hydrogen-bond acceptors (Lipinski definition) is 3. The van der Waals surface area contributed by atoms with Gasteiger partial charge in [0.25, 0.3) is 0 Å². The van der Waals surface area contributed by atoms with Crippen molar-refractivity contribution >= 4 is 22.6 Å². The van der Waals surface area contributed by atoms with E-state index in [0.29, 0.717) is 10.8 Å². The third-order valence-electron chi connectivity index (χ3n) is 4.38. The van der Waals surface area contributed by atoms with Crippen molar-refractivity contribution in [2.45, 2.75) is 38.2 Å². The van der Waals surface area contributed by atoms with Crippen LogP contribution in [0.5, 0.6) is 0 Å². The predicted molar refractivity (Wildman–Crippen MR) is 85.7 cm³/mol. The second-order valence-electron chi connectivity index (χ2n) is 6.02. The number of benzene rings is 1. The highest BCUT2D eigenvalue weighted by atomic mass is 35.5. The van der Waals surface area contributed by atoms with Gasteiger partial charge >= 0.3 is 0 Å². The molecule has 2 aromatic rings. The zero-order valence-electron chi connectivity index (χ0n) is 12.4. The molecule has 3 nitrogen and oxygen atoms in total. The molecular weight excluding hydrogens is 286 g/mol. The fraction of sp³-hybridized carbons (Fsp3) is 0.529. The Morgan fingerprint density at radius 3 is 2.95 bits per heavy atom. The van der Waals surface area contributed by atoms with E-state index >= 15 is 0 Å². The number of likely N-dealkylation sites (tertiary alicyclic amines) is 1. The Morgan fingerprint density at radius 2 is 2.14 bits per heavy atom. The summed E-state index contributed by atoms with van der Waals surface area (Å²) in [7, 11) is 0. The van der Waals surface area contributed by atoms with Gasteiger partial charge in [-0.25, -0.2) is 0 Å². The molecule has 21 heavy (non-hydrogen) atoms. The van der Waals surface area contributed by atoms with E-state index in [0.717, 1.165) is 56.3 Å². The maximum atomic E-state index is 11.0. The fourth-order valence-corrected chi connectivity index (χ4v) is 3.39. The lowest BCUT2D eigenvalue weighted by Crippen LogP contribution is -2.29. The number of aliphatic hydroxyl groups is 1. The van der Waals surface area contributed by atoms with Crippen LogP contribution in [-0.2, 0) is 5.60 Å². The lowest BCUT2D eigenvalue weighted by molar-refractivity contribution is 0.00180. The summed E-state index contributed by atoms with van der Waals surface area (Å²) >= 11 is 6.02. The molecule has 1 aliphatic heterocycles. The van der Waals surface area contributed by atoms with E-state index in [4.69, 9.17) is 16.0 Å². The van der Waals surface area contributed by atoms with Crippen LogP contribution in [-0.4, -0.2) is 29.6 Å². The van der Waals surface area contributed by atoms with Crippen LogP contribution in [0.3, 0.4) is 0 Å². The Morgan fingerprint density at radius 1 is 1.29 bits per heavy atom. The second kappa shape index (κ2) is 5.99. The van der Waals surface area contributed by atoms with Crippen molar-refractivity contribution in [3.05, 3.63) is 35.0 Å². The number of hydrogen-bond donors (Lipinski definition) is 1. The summed E-state index contributed by atoms with van der Waals surface area (Å²) in [4.78, 5) is 2.43. The highest BCUT2D eigenvalue weighted by Crippen LogP contribution is 2.36. The van der Waals surface area contributed by atoms with Crippen LogP contribution in [0.25, 0.3) is 11.0 Å². The van der Waals surface area contributed by atoms with Crippen LogP contribution in [0.2, 0.25) is 5.02 Å². The quantitative estimate of drug-likeness (QED) is 0.924. The topological polar surface area (TPSA) is 36.6 Å². The van der Waals surface area contributed by atoms with Gasteiger partial charge in [-0.15, -0.1) is 0 Å². The molecule has 3 rings (SSSR count).